The van der Waals surface area contributed by atoms with Crippen LogP contribution >= 0.6 is 0 Å². The van der Waals surface area contributed by atoms with Crippen LogP contribution < -0.4 is 5.73 Å². The quantitative estimate of drug-likeness (QED) is 0.690. The summed E-state index contributed by atoms with van der Waals surface area (Å²) in [5, 5.41) is 12.6. The fourth-order valence-corrected chi connectivity index (χ4v) is 0.981. The van der Waals surface area contributed by atoms with Crippen molar-refractivity contribution < 1.29 is 19.4 Å². The molecule has 1 amide bonds. The number of aromatic carboxylic acids is 1. The van der Waals surface area contributed by atoms with E-state index in [2.05, 4.69) is 5.10 Å². The Labute approximate surface area is 105 Å². The first-order valence-electron chi connectivity index (χ1n) is 5.09. The minimum atomic E-state index is -1.08. The fourth-order valence-electron chi connectivity index (χ4n) is 0.981. The van der Waals surface area contributed by atoms with Gasteiger partial charge >= 0.3 is 5.97 Å². The average molecular weight is 258 g/mol. The second-order valence-electron chi connectivity index (χ2n) is 3.54. The molecule has 0 fully saturated rings. The highest BCUT2D eigenvalue weighted by atomic mass is 16.5. The average Bonchev–Trinajstić information content (AvgIpc) is 2.68. The minimum Gasteiger partial charge on any atom is -0.476 e. The maximum Gasteiger partial charge on any atom is 0.356 e. The highest BCUT2D eigenvalue weighted by molar-refractivity contribution is 5.91. The van der Waals surface area contributed by atoms with E-state index < -0.39 is 5.97 Å². The number of nitrogens with zero attached hydrogens (tertiary/aromatic N) is 3. The monoisotopic (exact) mass is 258 g/mol. The maximum atomic E-state index is 10.7. The maximum absolute atomic E-state index is 10.7. The molecule has 1 heterocycles. The number of anilines is 1. The fraction of sp³-hybridized carbons (Fsp3) is 0.500. The number of methoxy groups -OCH3 is 1. The number of rotatable bonds is 5. The summed E-state index contributed by atoms with van der Waals surface area (Å²) in [5.41, 5.74) is 5.59. The summed E-state index contributed by atoms with van der Waals surface area (Å²) >= 11 is 0. The highest BCUT2D eigenvalue weighted by Crippen LogP contribution is 2.09. The van der Waals surface area contributed by atoms with Gasteiger partial charge in [0, 0.05) is 21.2 Å². The lowest BCUT2D eigenvalue weighted by atomic mass is 10.4. The van der Waals surface area contributed by atoms with E-state index in [9.17, 15) is 9.59 Å². The van der Waals surface area contributed by atoms with E-state index in [-0.39, 0.29) is 11.4 Å². The van der Waals surface area contributed by atoms with Crippen LogP contribution in [0.15, 0.2) is 6.20 Å². The van der Waals surface area contributed by atoms with E-state index in [1.165, 1.54) is 22.9 Å². The van der Waals surface area contributed by atoms with Gasteiger partial charge in [0.05, 0.1) is 25.0 Å². The number of carbonyl (C=O) groups excluding carboxylic acids is 1. The third-order valence-electron chi connectivity index (χ3n) is 1.79. The summed E-state index contributed by atoms with van der Waals surface area (Å²) in [4.78, 5) is 21.6. The molecule has 3 N–H and O–H groups in total. The zero-order chi connectivity index (χ0) is 14.1. The molecule has 0 radical (unpaired) electrons. The summed E-state index contributed by atoms with van der Waals surface area (Å²) in [6.45, 7) is 0.788. The molecule has 102 valence electrons. The van der Waals surface area contributed by atoms with Crippen molar-refractivity contribution in [3.63, 3.8) is 0 Å². The molecule has 0 aliphatic rings. The van der Waals surface area contributed by atoms with E-state index in [4.69, 9.17) is 15.6 Å². The molecule has 0 saturated carbocycles. The van der Waals surface area contributed by atoms with Gasteiger partial charge in [-0.15, -0.1) is 0 Å². The van der Waals surface area contributed by atoms with Gasteiger partial charge in [0.25, 0.3) is 0 Å². The zero-order valence-corrected chi connectivity index (χ0v) is 10.7. The third kappa shape index (κ3) is 5.30. The number of nitrogen functional groups attached to an aromatic ring is 1. The summed E-state index contributed by atoms with van der Waals surface area (Å²) in [7, 11) is 4.91. The van der Waals surface area contributed by atoms with Gasteiger partial charge in [0.15, 0.2) is 5.69 Å². The van der Waals surface area contributed by atoms with E-state index in [0.717, 1.165) is 6.41 Å². The van der Waals surface area contributed by atoms with Crippen LogP contribution in [0.3, 0.4) is 0 Å². The first-order chi connectivity index (χ1) is 8.43. The molecule has 0 aliphatic carbocycles. The molecule has 0 aliphatic heterocycles. The van der Waals surface area contributed by atoms with Crippen LogP contribution in [0.25, 0.3) is 0 Å². The molecule has 1 aromatic rings. The number of carboxylic acids is 1. The number of hydrogen-bond donors (Lipinski definition) is 2. The molecular formula is C10H18N4O4. The second-order valence-corrected chi connectivity index (χ2v) is 3.54. The Morgan fingerprint density at radius 2 is 2.22 bits per heavy atom. The van der Waals surface area contributed by atoms with Crippen LogP contribution in [-0.2, 0) is 16.1 Å². The van der Waals surface area contributed by atoms with Gasteiger partial charge in [-0.3, -0.25) is 9.48 Å². The van der Waals surface area contributed by atoms with Gasteiger partial charge < -0.3 is 20.5 Å². The van der Waals surface area contributed by atoms with E-state index in [1.54, 1.807) is 14.1 Å². The number of carboxylic acid groups (broad SMARTS) is 1. The Morgan fingerprint density at radius 1 is 1.67 bits per heavy atom. The number of hydrogen-bond acceptors (Lipinski definition) is 5. The van der Waals surface area contributed by atoms with Gasteiger partial charge in [-0.05, 0) is 0 Å². The van der Waals surface area contributed by atoms with Crippen molar-refractivity contribution in [1.29, 1.82) is 0 Å². The molecule has 0 aromatic carbocycles. The molecule has 1 rings (SSSR count). The Bertz CT molecular complexity index is 389. The number of amides is 1. The summed E-state index contributed by atoms with van der Waals surface area (Å²) in [6.07, 6.45) is 2.07. The SMILES string of the molecule is CN(C)C=O.COCCn1ncc(N)c1C(=O)O. The molecule has 1 aromatic heterocycles. The Kier molecular flexibility index (Phi) is 7.13. The predicted octanol–water partition coefficient (Wildman–Crippen LogP) is -0.486. The molecule has 18 heavy (non-hydrogen) atoms. The molecule has 0 atom stereocenters. The van der Waals surface area contributed by atoms with Crippen LogP contribution in [0.1, 0.15) is 10.5 Å². The second kappa shape index (κ2) is 8.07. The van der Waals surface area contributed by atoms with Crippen LogP contribution in [0.5, 0.6) is 0 Å². The van der Waals surface area contributed by atoms with Gasteiger partial charge in [-0.2, -0.15) is 5.10 Å². The largest absolute Gasteiger partial charge is 0.476 e. The van der Waals surface area contributed by atoms with Crippen LogP contribution in [-0.4, -0.2) is 60.0 Å². The van der Waals surface area contributed by atoms with E-state index in [0.29, 0.717) is 13.2 Å². The van der Waals surface area contributed by atoms with Gasteiger partial charge in [0.1, 0.15) is 0 Å². The molecule has 0 saturated heterocycles. The van der Waals surface area contributed by atoms with Crippen LogP contribution in [0.4, 0.5) is 5.69 Å². The number of carbonyl (C=O) groups is 2. The highest BCUT2D eigenvalue weighted by Gasteiger charge is 2.14. The lowest BCUT2D eigenvalue weighted by Crippen LogP contribution is -2.14. The van der Waals surface area contributed by atoms with Crippen LogP contribution in [0, 0.1) is 0 Å². The molecule has 0 bridgehead atoms. The van der Waals surface area contributed by atoms with Crippen molar-refractivity contribution in [2.24, 2.45) is 0 Å². The Hall–Kier alpha value is -2.09. The first-order valence-corrected chi connectivity index (χ1v) is 5.09. The summed E-state index contributed by atoms with van der Waals surface area (Å²) < 4.78 is 6.10. The van der Waals surface area contributed by atoms with Crippen molar-refractivity contribution in [3.05, 3.63) is 11.9 Å². The van der Waals surface area contributed by atoms with Crippen molar-refractivity contribution in [2.75, 3.05) is 33.5 Å². The van der Waals surface area contributed by atoms with E-state index in [1.807, 2.05) is 0 Å². The van der Waals surface area contributed by atoms with Crippen molar-refractivity contribution >= 4 is 18.1 Å². The van der Waals surface area contributed by atoms with Gasteiger partial charge in [-0.25, -0.2) is 4.79 Å². The Morgan fingerprint density at radius 3 is 2.61 bits per heavy atom. The molecule has 8 nitrogen and oxygen atoms in total. The first kappa shape index (κ1) is 15.9. The van der Waals surface area contributed by atoms with E-state index >= 15 is 0 Å². The standard InChI is InChI=1S/C7H11N3O3.C3H7NO/c1-13-3-2-10-6(7(11)12)5(8)4-9-10;1-4(2)3-5/h4H,2-3,8H2,1H3,(H,11,12);3H,1-2H3. The van der Waals surface area contributed by atoms with Gasteiger partial charge in [0.2, 0.25) is 6.41 Å². The summed E-state index contributed by atoms with van der Waals surface area (Å²) in [5.74, 6) is -1.08. The van der Waals surface area contributed by atoms with Crippen LogP contribution in [0.2, 0.25) is 0 Å². The smallest absolute Gasteiger partial charge is 0.356 e. The molecular weight excluding hydrogens is 240 g/mol. The third-order valence-corrected chi connectivity index (χ3v) is 1.79. The summed E-state index contributed by atoms with van der Waals surface area (Å²) in [6, 6.07) is 0. The minimum absolute atomic E-state index is 0.0112. The number of ether oxygens (including phenoxy) is 1. The topological polar surface area (TPSA) is 111 Å². The number of nitrogens with two attached hydrogens (primary N) is 1. The Balaban J connectivity index is 0.000000494. The van der Waals surface area contributed by atoms with Gasteiger partial charge in [-0.1, -0.05) is 0 Å². The molecule has 0 spiro atoms. The lowest BCUT2D eigenvalue weighted by Gasteiger charge is -2.02. The molecule has 8 heteroatoms. The van der Waals surface area contributed by atoms with Crippen molar-refractivity contribution in [2.45, 2.75) is 6.54 Å². The van der Waals surface area contributed by atoms with Crippen molar-refractivity contribution in [3.8, 4) is 0 Å². The zero-order valence-electron chi connectivity index (χ0n) is 10.7. The predicted molar refractivity (Wildman–Crippen MR) is 65.2 cm³/mol. The van der Waals surface area contributed by atoms with Crippen molar-refractivity contribution in [1.82, 2.24) is 14.7 Å². The normalized spacial score (nSPS) is 9.28. The lowest BCUT2D eigenvalue weighted by molar-refractivity contribution is -0.115. The number of aromatic nitrogens is 2. The molecule has 0 unspecified atom stereocenters.